The number of ether oxygens (including phenoxy) is 2. The van der Waals surface area contributed by atoms with Gasteiger partial charge in [-0.1, -0.05) is 5.92 Å². The maximum atomic E-state index is 12.6. The number of aliphatic hydroxyl groups excluding tert-OH is 4. The van der Waals surface area contributed by atoms with Crippen molar-refractivity contribution in [2.45, 2.75) is 49.7 Å². The van der Waals surface area contributed by atoms with E-state index in [1.165, 1.54) is 0 Å². The third-order valence-corrected chi connectivity index (χ3v) is 6.29. The van der Waals surface area contributed by atoms with Gasteiger partial charge in [-0.25, -0.2) is 28.9 Å². The van der Waals surface area contributed by atoms with E-state index in [4.69, 9.17) is 19.8 Å². The van der Waals surface area contributed by atoms with Gasteiger partial charge in [-0.2, -0.15) is 0 Å². The number of phosphoric acid groups is 2. The highest BCUT2D eigenvalue weighted by molar-refractivity contribution is 7.47. The predicted molar refractivity (Wildman–Crippen MR) is 144 cm³/mol. The highest BCUT2D eigenvalue weighted by Crippen LogP contribution is 2.48. The molecular weight excluding hydrogens is 806 g/mol. The summed E-state index contributed by atoms with van der Waals surface area (Å²) in [5, 5.41) is 89.8. The number of carbonyl (C=O) groups is 2. The van der Waals surface area contributed by atoms with Crippen molar-refractivity contribution in [1.29, 1.82) is 0 Å². The van der Waals surface area contributed by atoms with Crippen molar-refractivity contribution in [1.82, 2.24) is 0 Å². The molecule has 30 nitrogen and oxygen atoms in total. The molecule has 0 spiro atoms. The van der Waals surface area contributed by atoms with Crippen LogP contribution in [-0.2, 0) is 102 Å². The van der Waals surface area contributed by atoms with Crippen LogP contribution in [0, 0.1) is 59.2 Å². The van der Waals surface area contributed by atoms with E-state index >= 15 is 0 Å². The molecule has 0 aromatic carbocycles. The van der Waals surface area contributed by atoms with E-state index in [0.29, 0.717) is 0 Å². The first-order valence-corrected chi connectivity index (χ1v) is 15.9. The summed E-state index contributed by atoms with van der Waals surface area (Å²) < 4.78 is 46.4. The molecule has 8 N–H and O–H groups in total. The summed E-state index contributed by atoms with van der Waals surface area (Å²) in [4.78, 5) is 55.8. The summed E-state index contributed by atoms with van der Waals surface area (Å²) >= 11 is 0. The molecule has 0 heterocycles. The molecule has 0 aromatic heterocycles. The fourth-order valence-electron chi connectivity index (χ4n) is 2.92. The molecule has 1 aliphatic rings. The quantitative estimate of drug-likeness (QED) is 0.00985. The van der Waals surface area contributed by atoms with Crippen LogP contribution in [0.1, 0.15) is 6.92 Å². The Hall–Kier alpha value is -3.92. The molecule has 0 aromatic rings. The van der Waals surface area contributed by atoms with Gasteiger partial charge in [0.2, 0.25) is 0 Å². The standard InChI is InChI=1S/C22H22O30P2/c1-2-3-4-5-6-7-8-9-10-11-15(23)35-12-14(37-22(28)38-42-44-46-48-50-52-51-49-47-45-43-41-29)13-36-54(33,34)40-21-18(26)16(24)20(17(25)19(21)27)39-53(30,31)32/h14,16-21,24-27,29H,12-13H2,1H3,(H,33,34)(H2,30,31,32)/t14-,16+,17?,18?,19+,20+,21?/m1/s1. The van der Waals surface area contributed by atoms with Crippen LogP contribution in [-0.4, -0.2) is 108 Å². The Labute approximate surface area is 297 Å². The number of carbonyl (C=O) groups excluding carboxylic acids is 2. The monoisotopic (exact) mass is 828 g/mol. The molecule has 8 atom stereocenters. The minimum absolute atomic E-state index is 1.04. The van der Waals surface area contributed by atoms with Crippen LogP contribution in [0.25, 0.3) is 0 Å². The van der Waals surface area contributed by atoms with Gasteiger partial charge in [0.15, 0.2) is 6.10 Å². The Morgan fingerprint density at radius 1 is 0.630 bits per heavy atom. The fourth-order valence-corrected chi connectivity index (χ4v) is 4.46. The van der Waals surface area contributed by atoms with Gasteiger partial charge in [-0.05, 0) is 84.5 Å². The lowest BCUT2D eigenvalue weighted by Crippen LogP contribution is -2.64. The summed E-state index contributed by atoms with van der Waals surface area (Å²) in [6.07, 6.45) is -18.3. The molecule has 0 amide bonds. The molecule has 32 heteroatoms. The van der Waals surface area contributed by atoms with Gasteiger partial charge < -0.3 is 44.6 Å². The molecule has 300 valence electrons. The predicted octanol–water partition coefficient (Wildman–Crippen LogP) is -3.82. The molecule has 0 bridgehead atoms. The van der Waals surface area contributed by atoms with Crippen LogP contribution in [0.4, 0.5) is 4.79 Å². The zero-order valence-electron chi connectivity index (χ0n) is 25.9. The Morgan fingerprint density at radius 3 is 1.56 bits per heavy atom. The smallest absolute Gasteiger partial charge is 0.452 e. The maximum Gasteiger partial charge on any atom is 0.543 e. The van der Waals surface area contributed by atoms with Crippen LogP contribution in [0.5, 0.6) is 0 Å². The first kappa shape index (κ1) is 48.1. The van der Waals surface area contributed by atoms with Crippen LogP contribution >= 0.6 is 15.6 Å². The Balaban J connectivity index is 2.80. The number of phosphoric ester groups is 2. The molecule has 1 aliphatic carbocycles. The topological polar surface area (TPSA) is 396 Å². The van der Waals surface area contributed by atoms with Crippen LogP contribution in [0.2, 0.25) is 0 Å². The van der Waals surface area contributed by atoms with E-state index in [1.807, 2.05) is 5.92 Å². The average molecular weight is 828 g/mol. The molecule has 0 saturated heterocycles. The minimum Gasteiger partial charge on any atom is -0.452 e. The average Bonchev–Trinajstić information content (AvgIpc) is 3.11. The van der Waals surface area contributed by atoms with E-state index in [-0.39, 0.29) is 0 Å². The third kappa shape index (κ3) is 21.7. The van der Waals surface area contributed by atoms with Crippen molar-refractivity contribution >= 4 is 27.8 Å². The fraction of sp³-hybridized carbons (Fsp3) is 0.455. The molecule has 1 rings (SSSR count). The lowest BCUT2D eigenvalue weighted by atomic mass is 9.85. The van der Waals surface area contributed by atoms with Crippen molar-refractivity contribution in [3.8, 4) is 59.2 Å². The summed E-state index contributed by atoms with van der Waals surface area (Å²) in [6, 6.07) is 0. The van der Waals surface area contributed by atoms with Crippen molar-refractivity contribution in [3.63, 3.8) is 0 Å². The van der Waals surface area contributed by atoms with Crippen molar-refractivity contribution < 1.29 is 147 Å². The van der Waals surface area contributed by atoms with E-state index in [1.54, 1.807) is 6.92 Å². The number of rotatable bonds is 22. The lowest BCUT2D eigenvalue weighted by Gasteiger charge is -2.43. The SMILES string of the molecule is CC#CC#CC#CC#CC#CC(=O)OC[C@H](COP(=O)(O)OC1C(O)[C@H](O)[C@H](OP(=O)(O)O)C(O)[C@@H]1O)OC(=O)OOOOOOOOOOOOOO. The highest BCUT2D eigenvalue weighted by Gasteiger charge is 2.54. The van der Waals surface area contributed by atoms with Crippen molar-refractivity contribution in [2.75, 3.05) is 13.2 Å². The molecule has 0 radical (unpaired) electrons. The van der Waals surface area contributed by atoms with Crippen LogP contribution in [0.3, 0.4) is 0 Å². The number of hydrogen-bond acceptors (Lipinski definition) is 27. The van der Waals surface area contributed by atoms with E-state index in [2.05, 4.69) is 137 Å². The highest BCUT2D eigenvalue weighted by atomic mass is 31.2. The lowest BCUT2D eigenvalue weighted by molar-refractivity contribution is -0.874. The summed E-state index contributed by atoms with van der Waals surface area (Å²) in [7, 11) is -10.9. The number of hydrogen-bond donors (Lipinski definition) is 8. The normalized spacial score (nSPS) is 21.9. The molecule has 4 unspecified atom stereocenters. The molecular formula is C22H22O30P2. The second kappa shape index (κ2) is 26.8. The largest absolute Gasteiger partial charge is 0.543 e. The number of aliphatic hydroxyl groups is 4. The second-order valence-electron chi connectivity index (χ2n) is 8.23. The zero-order valence-corrected chi connectivity index (χ0v) is 27.7. The third-order valence-electron chi connectivity index (χ3n) is 4.78. The second-order valence-corrected chi connectivity index (χ2v) is 10.8. The van der Waals surface area contributed by atoms with Crippen molar-refractivity contribution in [3.05, 3.63) is 0 Å². The Bertz CT molecular complexity index is 1570. The summed E-state index contributed by atoms with van der Waals surface area (Å²) in [5.41, 5.74) is 0. The van der Waals surface area contributed by atoms with E-state index in [0.717, 1.165) is 0 Å². The Kier molecular flexibility index (Phi) is 23.9. The first-order valence-electron chi connectivity index (χ1n) is 12.8. The summed E-state index contributed by atoms with van der Waals surface area (Å²) in [6.45, 7) is -0.750. The van der Waals surface area contributed by atoms with Crippen LogP contribution < -0.4 is 0 Å². The first-order chi connectivity index (χ1) is 25.6. The van der Waals surface area contributed by atoms with E-state index in [9.17, 15) is 44.0 Å². The molecule has 54 heavy (non-hydrogen) atoms. The molecule has 0 aliphatic heterocycles. The minimum atomic E-state index is -5.54. The van der Waals surface area contributed by atoms with Crippen LogP contribution in [0.15, 0.2) is 0 Å². The Morgan fingerprint density at radius 2 is 1.07 bits per heavy atom. The van der Waals surface area contributed by atoms with E-state index < -0.39 is 83.7 Å². The van der Waals surface area contributed by atoms with Gasteiger partial charge in [0.1, 0.15) is 43.2 Å². The zero-order chi connectivity index (χ0) is 40.4. The maximum absolute atomic E-state index is 12.6. The van der Waals surface area contributed by atoms with Gasteiger partial charge in [0.05, 0.1) is 6.61 Å². The van der Waals surface area contributed by atoms with Gasteiger partial charge >= 0.3 is 27.8 Å². The summed E-state index contributed by atoms with van der Waals surface area (Å²) in [5.74, 6) is 21.2. The number of esters is 1. The molecule has 1 fully saturated rings. The molecule has 1 saturated carbocycles. The van der Waals surface area contributed by atoms with Gasteiger partial charge in [-0.3, -0.25) is 13.6 Å². The van der Waals surface area contributed by atoms with Gasteiger partial charge in [-0.15, -0.1) is 0 Å². The van der Waals surface area contributed by atoms with Gasteiger partial charge in [0.25, 0.3) is 0 Å². The van der Waals surface area contributed by atoms with Gasteiger partial charge in [0, 0.05) is 36.2 Å². The van der Waals surface area contributed by atoms with Crippen molar-refractivity contribution in [2.24, 2.45) is 0 Å².